The van der Waals surface area contributed by atoms with Crippen LogP contribution in [-0.4, -0.2) is 18.9 Å². The van der Waals surface area contributed by atoms with E-state index in [1.54, 1.807) is 11.3 Å². The van der Waals surface area contributed by atoms with Gasteiger partial charge in [-0.25, -0.2) is 0 Å². The molecule has 0 aliphatic carbocycles. The predicted octanol–water partition coefficient (Wildman–Crippen LogP) is 4.22. The Hall–Kier alpha value is -0.680. The Labute approximate surface area is 126 Å². The smallest absolute Gasteiger partial charge is 0.133 e. The van der Waals surface area contributed by atoms with Gasteiger partial charge in [0.1, 0.15) is 11.9 Å². The van der Waals surface area contributed by atoms with Crippen molar-refractivity contribution < 1.29 is 4.74 Å². The third-order valence-corrected chi connectivity index (χ3v) is 5.73. The van der Waals surface area contributed by atoms with E-state index in [-0.39, 0.29) is 12.1 Å². The van der Waals surface area contributed by atoms with Gasteiger partial charge in [-0.2, -0.15) is 0 Å². The van der Waals surface area contributed by atoms with Gasteiger partial charge in [0.05, 0.1) is 11.1 Å². The number of nitrogens with one attached hydrogen (secondary N) is 1. The molecule has 0 bridgehead atoms. The van der Waals surface area contributed by atoms with Crippen molar-refractivity contribution >= 4 is 34.7 Å². The van der Waals surface area contributed by atoms with Gasteiger partial charge in [-0.1, -0.05) is 23.7 Å². The number of thioether (sulfide) groups is 1. The molecule has 2 heterocycles. The van der Waals surface area contributed by atoms with Crippen molar-refractivity contribution in [3.8, 4) is 5.75 Å². The Balaban J connectivity index is 1.85. The highest BCUT2D eigenvalue weighted by molar-refractivity contribution is 7.99. The molecule has 1 N–H and O–H groups in total. The first-order chi connectivity index (χ1) is 9.29. The molecule has 3 rings (SSSR count). The van der Waals surface area contributed by atoms with Crippen LogP contribution in [0.4, 0.5) is 0 Å². The van der Waals surface area contributed by atoms with Crippen molar-refractivity contribution in [3.63, 3.8) is 0 Å². The van der Waals surface area contributed by atoms with Crippen LogP contribution in [0.1, 0.15) is 10.9 Å². The van der Waals surface area contributed by atoms with Gasteiger partial charge in [0.15, 0.2) is 0 Å². The summed E-state index contributed by atoms with van der Waals surface area (Å²) in [4.78, 5) is 2.36. The van der Waals surface area contributed by atoms with Gasteiger partial charge < -0.3 is 10.1 Å². The van der Waals surface area contributed by atoms with E-state index in [2.05, 4.69) is 11.4 Å². The molecule has 0 radical (unpaired) electrons. The first kappa shape index (κ1) is 13.3. The molecule has 2 atom stereocenters. The molecule has 100 valence electrons. The van der Waals surface area contributed by atoms with Gasteiger partial charge in [-0.05, 0) is 30.6 Å². The molecule has 19 heavy (non-hydrogen) atoms. The molecule has 1 aliphatic heterocycles. The predicted molar refractivity (Wildman–Crippen MR) is 82.7 cm³/mol. The standard InChI is InChI=1S/C14H14ClNOS2/c1-16-13(14-9(15)6-7-18-14)11-8-19-12-5-3-2-4-10(12)17-11/h2-7,11,13,16H,8H2,1H3. The lowest BCUT2D eigenvalue weighted by molar-refractivity contribution is 0.172. The number of para-hydroxylation sites is 1. The molecule has 0 fully saturated rings. The Morgan fingerprint density at radius 3 is 2.95 bits per heavy atom. The van der Waals surface area contributed by atoms with Crippen molar-refractivity contribution in [3.05, 3.63) is 45.6 Å². The molecule has 5 heteroatoms. The first-order valence-electron chi connectivity index (χ1n) is 6.08. The molecule has 2 nitrogen and oxygen atoms in total. The van der Waals surface area contributed by atoms with E-state index >= 15 is 0 Å². The van der Waals surface area contributed by atoms with Gasteiger partial charge in [-0.15, -0.1) is 23.1 Å². The summed E-state index contributed by atoms with van der Waals surface area (Å²) in [6, 6.07) is 10.2. The quantitative estimate of drug-likeness (QED) is 0.917. The van der Waals surface area contributed by atoms with Crippen molar-refractivity contribution in [2.75, 3.05) is 12.8 Å². The van der Waals surface area contributed by atoms with Crippen molar-refractivity contribution in [2.24, 2.45) is 0 Å². The zero-order valence-electron chi connectivity index (χ0n) is 10.4. The van der Waals surface area contributed by atoms with E-state index in [1.807, 2.05) is 48.5 Å². The Morgan fingerprint density at radius 2 is 2.21 bits per heavy atom. The van der Waals surface area contributed by atoms with Crippen LogP contribution in [0.25, 0.3) is 0 Å². The lowest BCUT2D eigenvalue weighted by Crippen LogP contribution is -2.37. The molecule has 0 spiro atoms. The topological polar surface area (TPSA) is 21.3 Å². The van der Waals surface area contributed by atoms with Gasteiger partial charge in [-0.3, -0.25) is 0 Å². The largest absolute Gasteiger partial charge is 0.486 e. The summed E-state index contributed by atoms with van der Waals surface area (Å²) in [6.07, 6.45) is 0.0982. The summed E-state index contributed by atoms with van der Waals surface area (Å²) >= 11 is 9.75. The average Bonchev–Trinajstić information content (AvgIpc) is 2.86. The summed E-state index contributed by atoms with van der Waals surface area (Å²) in [5.41, 5.74) is 0. The van der Waals surface area contributed by atoms with Crippen LogP contribution in [-0.2, 0) is 0 Å². The molecule has 1 aromatic carbocycles. The minimum Gasteiger partial charge on any atom is -0.486 e. The number of benzene rings is 1. The number of fused-ring (bicyclic) bond motifs is 1. The van der Waals surface area contributed by atoms with Crippen LogP contribution in [0, 0.1) is 0 Å². The normalized spacial score (nSPS) is 19.6. The third kappa shape index (κ3) is 2.63. The maximum absolute atomic E-state index is 6.24. The molecule has 1 aliphatic rings. The lowest BCUT2D eigenvalue weighted by atomic mass is 10.1. The van der Waals surface area contributed by atoms with Gasteiger partial charge in [0, 0.05) is 15.5 Å². The second-order valence-corrected chi connectivity index (χ2v) is 6.73. The monoisotopic (exact) mass is 311 g/mol. The number of thiophene rings is 1. The van der Waals surface area contributed by atoms with E-state index in [0.29, 0.717) is 0 Å². The van der Waals surface area contributed by atoms with Crippen molar-refractivity contribution in [2.45, 2.75) is 17.0 Å². The van der Waals surface area contributed by atoms with E-state index < -0.39 is 0 Å². The van der Waals surface area contributed by atoms with E-state index in [1.165, 1.54) is 4.90 Å². The molecule has 0 saturated carbocycles. The molecular weight excluding hydrogens is 298 g/mol. The summed E-state index contributed by atoms with van der Waals surface area (Å²) in [5, 5.41) is 6.17. The molecular formula is C14H14ClNOS2. The minimum absolute atomic E-state index is 0.0982. The molecule has 1 aromatic heterocycles. The van der Waals surface area contributed by atoms with E-state index in [9.17, 15) is 0 Å². The van der Waals surface area contributed by atoms with Gasteiger partial charge in [0.25, 0.3) is 0 Å². The first-order valence-corrected chi connectivity index (χ1v) is 8.32. The van der Waals surface area contributed by atoms with Crippen LogP contribution >= 0.6 is 34.7 Å². The van der Waals surface area contributed by atoms with Crippen molar-refractivity contribution in [1.82, 2.24) is 5.32 Å². The van der Waals surface area contributed by atoms with Gasteiger partial charge in [0.2, 0.25) is 0 Å². The number of likely N-dealkylation sites (N-methyl/N-ethyl adjacent to an activating group) is 1. The second-order valence-electron chi connectivity index (χ2n) is 4.31. The molecule has 0 amide bonds. The highest BCUT2D eigenvalue weighted by Gasteiger charge is 2.30. The zero-order valence-corrected chi connectivity index (χ0v) is 12.8. The number of hydrogen-bond acceptors (Lipinski definition) is 4. The lowest BCUT2D eigenvalue weighted by Gasteiger charge is -2.31. The SMILES string of the molecule is CNC(c1sccc1Cl)C1CSc2ccccc2O1. The van der Waals surface area contributed by atoms with Crippen LogP contribution in [0.3, 0.4) is 0 Å². The Bertz CT molecular complexity index is 572. The van der Waals surface area contributed by atoms with Crippen LogP contribution in [0.5, 0.6) is 5.75 Å². The summed E-state index contributed by atoms with van der Waals surface area (Å²) in [6.45, 7) is 0. The summed E-state index contributed by atoms with van der Waals surface area (Å²) in [5.74, 6) is 1.90. The fourth-order valence-electron chi connectivity index (χ4n) is 2.21. The highest BCUT2D eigenvalue weighted by atomic mass is 35.5. The second kappa shape index (κ2) is 5.75. The summed E-state index contributed by atoms with van der Waals surface area (Å²) < 4.78 is 6.13. The number of hydrogen-bond donors (Lipinski definition) is 1. The fraction of sp³-hybridized carbons (Fsp3) is 0.286. The van der Waals surface area contributed by atoms with Crippen molar-refractivity contribution in [1.29, 1.82) is 0 Å². The van der Waals surface area contributed by atoms with Gasteiger partial charge >= 0.3 is 0 Å². The molecule has 2 aromatic rings. The van der Waals surface area contributed by atoms with Crippen LogP contribution in [0.15, 0.2) is 40.6 Å². The molecule has 2 unspecified atom stereocenters. The maximum Gasteiger partial charge on any atom is 0.133 e. The molecule has 0 saturated heterocycles. The number of ether oxygens (including phenoxy) is 1. The maximum atomic E-state index is 6.24. The van der Waals surface area contributed by atoms with Crippen LogP contribution in [0.2, 0.25) is 5.02 Å². The minimum atomic E-state index is 0.0982. The summed E-state index contributed by atoms with van der Waals surface area (Å²) in [7, 11) is 1.95. The van der Waals surface area contributed by atoms with Crippen LogP contribution < -0.4 is 10.1 Å². The Kier molecular flexibility index (Phi) is 4.03. The fourth-order valence-corrected chi connectivity index (χ4v) is 4.59. The Morgan fingerprint density at radius 1 is 1.37 bits per heavy atom. The van der Waals surface area contributed by atoms with E-state index in [0.717, 1.165) is 21.4 Å². The number of halogens is 1. The number of rotatable bonds is 3. The third-order valence-electron chi connectivity index (χ3n) is 3.14. The van der Waals surface area contributed by atoms with E-state index in [4.69, 9.17) is 16.3 Å². The zero-order chi connectivity index (χ0) is 13.2. The highest BCUT2D eigenvalue weighted by Crippen LogP contribution is 2.40. The average molecular weight is 312 g/mol.